The van der Waals surface area contributed by atoms with Crippen LogP contribution in [0.25, 0.3) is 22.4 Å². The van der Waals surface area contributed by atoms with Gasteiger partial charge in [-0.05, 0) is 17.7 Å². The summed E-state index contributed by atoms with van der Waals surface area (Å²) in [6, 6.07) is 17.3. The Morgan fingerprint density at radius 2 is 1.62 bits per heavy atom. The molecule has 1 heterocycles. The van der Waals surface area contributed by atoms with Crippen LogP contribution in [0.2, 0.25) is 0 Å². The zero-order valence-electron chi connectivity index (χ0n) is 11.5. The zero-order valence-corrected chi connectivity index (χ0v) is 13.0. The van der Waals surface area contributed by atoms with Crippen molar-refractivity contribution in [2.24, 2.45) is 7.05 Å². The molecule has 3 nitrogen and oxygen atoms in total. The highest BCUT2D eigenvalue weighted by Crippen LogP contribution is 2.20. The van der Waals surface area contributed by atoms with Gasteiger partial charge < -0.3 is 0 Å². The molecule has 0 fully saturated rings. The molecule has 0 N–H and O–H groups in total. The second-order valence-electron chi connectivity index (χ2n) is 4.77. The largest absolute Gasteiger partial charge is 0.287 e. The third kappa shape index (κ3) is 2.81. The minimum atomic E-state index is -0.0541. The predicted octanol–water partition coefficient (Wildman–Crippen LogP) is 3.88. The predicted molar refractivity (Wildman–Crippen MR) is 88.1 cm³/mol. The maximum atomic E-state index is 12.7. The lowest BCUT2D eigenvalue weighted by Crippen LogP contribution is -2.15. The molecule has 0 spiro atoms. The Balaban J connectivity index is 2.22. The molecule has 0 amide bonds. The number of aromatic nitrogens is 2. The first-order chi connectivity index (χ1) is 10.1. The normalized spacial score (nSPS) is 10.6. The molecule has 2 aromatic carbocycles. The van der Waals surface area contributed by atoms with Crippen molar-refractivity contribution in [3.8, 4) is 22.4 Å². The maximum Gasteiger partial charge on any atom is 0.215 e. The van der Waals surface area contributed by atoms with Gasteiger partial charge in [0.1, 0.15) is 5.69 Å². The quantitative estimate of drug-likeness (QED) is 0.709. The monoisotopic (exact) mass is 340 g/mol. The molecule has 0 aliphatic heterocycles. The Morgan fingerprint density at radius 3 is 2.29 bits per heavy atom. The molecule has 104 valence electrons. The average molecular weight is 341 g/mol. The van der Waals surface area contributed by atoms with Crippen LogP contribution in [-0.4, -0.2) is 9.78 Å². The van der Waals surface area contributed by atoms with Crippen LogP contribution in [-0.2, 0) is 7.05 Å². The van der Waals surface area contributed by atoms with Crippen LogP contribution >= 0.6 is 15.9 Å². The number of aryl methyl sites for hydroxylation is 1. The van der Waals surface area contributed by atoms with E-state index < -0.39 is 0 Å². The standard InChI is InChI=1S/C17H13BrN2O/c1-20-11-15(12-5-3-2-4-6-12)17(21)16(19-20)13-7-9-14(18)10-8-13/h2-11H,1H3. The molecule has 1 aromatic heterocycles. The highest BCUT2D eigenvalue weighted by Gasteiger charge is 2.12. The summed E-state index contributed by atoms with van der Waals surface area (Å²) in [5.41, 5.74) is 2.79. The van der Waals surface area contributed by atoms with Gasteiger partial charge in [0.05, 0.1) is 0 Å². The van der Waals surface area contributed by atoms with Crippen molar-refractivity contribution >= 4 is 15.9 Å². The van der Waals surface area contributed by atoms with Gasteiger partial charge in [-0.15, -0.1) is 0 Å². The molecule has 0 saturated heterocycles. The Bertz CT molecular complexity index is 824. The summed E-state index contributed by atoms with van der Waals surface area (Å²) < 4.78 is 2.66. The summed E-state index contributed by atoms with van der Waals surface area (Å²) in [4.78, 5) is 12.7. The number of halogens is 1. The fourth-order valence-corrected chi connectivity index (χ4v) is 2.49. The van der Waals surface area contributed by atoms with E-state index in [9.17, 15) is 4.79 Å². The number of hydrogen-bond donors (Lipinski definition) is 0. The second-order valence-corrected chi connectivity index (χ2v) is 5.68. The van der Waals surface area contributed by atoms with Crippen LogP contribution in [0.1, 0.15) is 0 Å². The Hall–Kier alpha value is -2.20. The topological polar surface area (TPSA) is 34.9 Å². The highest BCUT2D eigenvalue weighted by atomic mass is 79.9. The van der Waals surface area contributed by atoms with E-state index in [0.717, 1.165) is 15.6 Å². The number of hydrogen-bond acceptors (Lipinski definition) is 2. The van der Waals surface area contributed by atoms with E-state index in [-0.39, 0.29) is 5.43 Å². The lowest BCUT2D eigenvalue weighted by Gasteiger charge is -2.08. The summed E-state index contributed by atoms with van der Waals surface area (Å²) in [7, 11) is 1.83. The molecule has 0 aliphatic carbocycles. The lowest BCUT2D eigenvalue weighted by molar-refractivity contribution is 0.741. The van der Waals surface area contributed by atoms with E-state index in [1.807, 2.05) is 61.6 Å². The first kappa shape index (κ1) is 13.8. The van der Waals surface area contributed by atoms with Crippen molar-refractivity contribution in [2.75, 3.05) is 0 Å². The Kier molecular flexibility index (Phi) is 3.71. The van der Waals surface area contributed by atoms with Gasteiger partial charge in [0.2, 0.25) is 5.43 Å². The van der Waals surface area contributed by atoms with E-state index in [2.05, 4.69) is 21.0 Å². The van der Waals surface area contributed by atoms with Gasteiger partial charge >= 0.3 is 0 Å². The highest BCUT2D eigenvalue weighted by molar-refractivity contribution is 9.10. The fourth-order valence-electron chi connectivity index (χ4n) is 2.22. The number of benzene rings is 2. The minimum absolute atomic E-state index is 0.0541. The van der Waals surface area contributed by atoms with E-state index in [4.69, 9.17) is 0 Å². The zero-order chi connectivity index (χ0) is 14.8. The van der Waals surface area contributed by atoms with Crippen LogP contribution in [0.15, 0.2) is 70.1 Å². The lowest BCUT2D eigenvalue weighted by atomic mass is 10.0. The molecule has 21 heavy (non-hydrogen) atoms. The van der Waals surface area contributed by atoms with Gasteiger partial charge in [0.25, 0.3) is 0 Å². The molecule has 3 aromatic rings. The van der Waals surface area contributed by atoms with E-state index in [1.54, 1.807) is 10.9 Å². The molecule has 0 bridgehead atoms. The van der Waals surface area contributed by atoms with Crippen molar-refractivity contribution < 1.29 is 0 Å². The first-order valence-electron chi connectivity index (χ1n) is 6.54. The molecule has 3 rings (SSSR count). The summed E-state index contributed by atoms with van der Waals surface area (Å²) >= 11 is 3.40. The average Bonchev–Trinajstić information content (AvgIpc) is 2.51. The summed E-state index contributed by atoms with van der Waals surface area (Å²) in [5, 5.41) is 4.35. The smallest absolute Gasteiger partial charge is 0.215 e. The van der Waals surface area contributed by atoms with Crippen LogP contribution in [0.4, 0.5) is 0 Å². The minimum Gasteiger partial charge on any atom is -0.287 e. The van der Waals surface area contributed by atoms with Crippen molar-refractivity contribution in [3.05, 3.63) is 75.5 Å². The molecule has 0 saturated carbocycles. The molecule has 4 heteroatoms. The maximum absolute atomic E-state index is 12.7. The Labute approximate surface area is 131 Å². The fraction of sp³-hybridized carbons (Fsp3) is 0.0588. The summed E-state index contributed by atoms with van der Waals surface area (Å²) in [6.07, 6.45) is 1.76. The van der Waals surface area contributed by atoms with Crippen LogP contribution in [0, 0.1) is 0 Å². The Morgan fingerprint density at radius 1 is 0.952 bits per heavy atom. The van der Waals surface area contributed by atoms with Gasteiger partial charge in [-0.3, -0.25) is 9.48 Å². The van der Waals surface area contributed by atoms with E-state index in [0.29, 0.717) is 11.3 Å². The van der Waals surface area contributed by atoms with Gasteiger partial charge in [-0.1, -0.05) is 58.4 Å². The van der Waals surface area contributed by atoms with Crippen molar-refractivity contribution in [3.63, 3.8) is 0 Å². The van der Waals surface area contributed by atoms with E-state index >= 15 is 0 Å². The van der Waals surface area contributed by atoms with Gasteiger partial charge in [0.15, 0.2) is 0 Å². The molecular weight excluding hydrogens is 328 g/mol. The van der Waals surface area contributed by atoms with Gasteiger partial charge in [-0.2, -0.15) is 5.10 Å². The molecule has 0 radical (unpaired) electrons. The van der Waals surface area contributed by atoms with E-state index in [1.165, 1.54) is 0 Å². The van der Waals surface area contributed by atoms with Crippen molar-refractivity contribution in [1.29, 1.82) is 0 Å². The third-order valence-electron chi connectivity index (χ3n) is 3.24. The van der Waals surface area contributed by atoms with Crippen LogP contribution in [0.3, 0.4) is 0 Å². The first-order valence-corrected chi connectivity index (χ1v) is 7.34. The van der Waals surface area contributed by atoms with Crippen molar-refractivity contribution in [1.82, 2.24) is 9.78 Å². The molecule has 0 aliphatic rings. The molecular formula is C17H13BrN2O. The summed E-state index contributed by atoms with van der Waals surface area (Å²) in [5.74, 6) is 0. The second kappa shape index (κ2) is 5.66. The number of nitrogens with zero attached hydrogens (tertiary/aromatic N) is 2. The van der Waals surface area contributed by atoms with Crippen LogP contribution in [0.5, 0.6) is 0 Å². The number of rotatable bonds is 2. The van der Waals surface area contributed by atoms with Gasteiger partial charge in [0, 0.05) is 28.8 Å². The molecule has 0 atom stereocenters. The summed E-state index contributed by atoms with van der Waals surface area (Å²) in [6.45, 7) is 0. The SMILES string of the molecule is Cn1cc(-c2ccccc2)c(=O)c(-c2ccc(Br)cc2)n1. The van der Waals surface area contributed by atoms with Crippen LogP contribution < -0.4 is 5.43 Å². The third-order valence-corrected chi connectivity index (χ3v) is 3.76. The van der Waals surface area contributed by atoms with Crippen molar-refractivity contribution in [2.45, 2.75) is 0 Å². The molecule has 0 unspecified atom stereocenters. The van der Waals surface area contributed by atoms with Gasteiger partial charge in [-0.25, -0.2) is 0 Å².